The van der Waals surface area contributed by atoms with E-state index < -0.39 is 0 Å². The number of benzene rings is 4. The van der Waals surface area contributed by atoms with E-state index in [2.05, 4.69) is 6.58 Å². The molecular formula is C35H38O4. The zero-order chi connectivity index (χ0) is 28.6. The Labute approximate surface area is 232 Å². The molecule has 2 N–H and O–H groups in total. The molecule has 0 aliphatic rings. The molecule has 39 heavy (non-hydrogen) atoms. The Morgan fingerprint density at radius 2 is 0.949 bits per heavy atom. The lowest BCUT2D eigenvalue weighted by atomic mass is 10.1. The monoisotopic (exact) mass is 522 g/mol. The molecule has 4 nitrogen and oxygen atoms in total. The van der Waals surface area contributed by atoms with Crippen LogP contribution in [0.3, 0.4) is 0 Å². The molecule has 0 aromatic heterocycles. The summed E-state index contributed by atoms with van der Waals surface area (Å²) in [7, 11) is 3.31. The minimum Gasteiger partial charge on any atom is -0.508 e. The van der Waals surface area contributed by atoms with Crippen LogP contribution in [0.5, 0.6) is 23.0 Å². The van der Waals surface area contributed by atoms with Gasteiger partial charge in [-0.2, -0.15) is 0 Å². The number of hydrogen-bond acceptors (Lipinski definition) is 4. The summed E-state index contributed by atoms with van der Waals surface area (Å²) in [6.45, 7) is 9.40. The van der Waals surface area contributed by atoms with Gasteiger partial charge in [-0.15, -0.1) is 0 Å². The largest absolute Gasteiger partial charge is 0.508 e. The van der Waals surface area contributed by atoms with Crippen LogP contribution in [0.15, 0.2) is 97.6 Å². The first-order valence-corrected chi connectivity index (χ1v) is 12.6. The van der Waals surface area contributed by atoms with E-state index in [1.807, 2.05) is 118 Å². The van der Waals surface area contributed by atoms with Gasteiger partial charge in [-0.3, -0.25) is 0 Å². The third-order valence-corrected chi connectivity index (χ3v) is 5.74. The van der Waals surface area contributed by atoms with Gasteiger partial charge in [0.05, 0.1) is 14.2 Å². The van der Waals surface area contributed by atoms with Crippen LogP contribution in [0.4, 0.5) is 0 Å². The first kappa shape index (κ1) is 30.5. The van der Waals surface area contributed by atoms with Crippen molar-refractivity contribution in [3.8, 4) is 23.0 Å². The second-order valence-electron chi connectivity index (χ2n) is 8.68. The Morgan fingerprint density at radius 3 is 1.33 bits per heavy atom. The highest BCUT2D eigenvalue weighted by molar-refractivity contribution is 5.70. The van der Waals surface area contributed by atoms with E-state index in [9.17, 15) is 10.2 Å². The van der Waals surface area contributed by atoms with Crippen molar-refractivity contribution in [2.45, 2.75) is 20.8 Å². The topological polar surface area (TPSA) is 58.9 Å². The van der Waals surface area contributed by atoms with Gasteiger partial charge in [-0.25, -0.2) is 0 Å². The quantitative estimate of drug-likeness (QED) is 0.248. The number of aromatic hydroxyl groups is 2. The molecule has 4 heteroatoms. The summed E-state index contributed by atoms with van der Waals surface area (Å²) in [4.78, 5) is 0. The highest BCUT2D eigenvalue weighted by atomic mass is 16.5. The Bertz CT molecular complexity index is 1370. The van der Waals surface area contributed by atoms with Crippen LogP contribution in [0, 0.1) is 13.8 Å². The first-order valence-electron chi connectivity index (χ1n) is 12.6. The highest BCUT2D eigenvalue weighted by Gasteiger charge is 1.96. The van der Waals surface area contributed by atoms with Crippen molar-refractivity contribution in [2.24, 2.45) is 0 Å². The van der Waals surface area contributed by atoms with E-state index in [0.717, 1.165) is 44.9 Å². The Kier molecular flexibility index (Phi) is 12.7. The van der Waals surface area contributed by atoms with Gasteiger partial charge in [-0.05, 0) is 103 Å². The van der Waals surface area contributed by atoms with Crippen LogP contribution in [-0.4, -0.2) is 24.4 Å². The normalized spacial score (nSPS) is 10.3. The second-order valence-corrected chi connectivity index (χ2v) is 8.68. The summed E-state index contributed by atoms with van der Waals surface area (Å²) < 4.78 is 10.1. The molecule has 0 bridgehead atoms. The van der Waals surface area contributed by atoms with Crippen LogP contribution in [-0.2, 0) is 0 Å². The van der Waals surface area contributed by atoms with Crippen LogP contribution in [0.2, 0.25) is 0 Å². The average Bonchev–Trinajstić information content (AvgIpc) is 2.97. The van der Waals surface area contributed by atoms with Gasteiger partial charge in [0.25, 0.3) is 0 Å². The summed E-state index contributed by atoms with van der Waals surface area (Å²) in [6, 6.07) is 26.7. The van der Waals surface area contributed by atoms with Crippen molar-refractivity contribution in [1.29, 1.82) is 0 Å². The zero-order valence-corrected chi connectivity index (χ0v) is 23.4. The molecule has 0 amide bonds. The third kappa shape index (κ3) is 10.7. The van der Waals surface area contributed by atoms with Crippen molar-refractivity contribution in [3.63, 3.8) is 0 Å². The summed E-state index contributed by atoms with van der Waals surface area (Å²) in [6.07, 6.45) is 9.84. The summed E-state index contributed by atoms with van der Waals surface area (Å²) >= 11 is 0. The molecule has 0 fully saturated rings. The maximum absolute atomic E-state index is 9.45. The predicted molar refractivity (Wildman–Crippen MR) is 165 cm³/mol. The minimum atomic E-state index is 0.330. The first-order chi connectivity index (χ1) is 18.8. The maximum atomic E-state index is 9.45. The lowest BCUT2D eigenvalue weighted by molar-refractivity contribution is 0.414. The van der Waals surface area contributed by atoms with E-state index in [0.29, 0.717) is 11.5 Å². The molecular weight excluding hydrogens is 484 g/mol. The van der Waals surface area contributed by atoms with E-state index in [1.54, 1.807) is 32.4 Å². The number of rotatable bonds is 6. The lowest BCUT2D eigenvalue weighted by Crippen LogP contribution is -1.81. The van der Waals surface area contributed by atoms with Crippen molar-refractivity contribution in [2.75, 3.05) is 14.2 Å². The van der Waals surface area contributed by atoms with Gasteiger partial charge in [0.15, 0.2) is 0 Å². The van der Waals surface area contributed by atoms with E-state index in [-0.39, 0.29) is 0 Å². The predicted octanol–water partition coefficient (Wildman–Crippen LogP) is 8.95. The van der Waals surface area contributed by atoms with Crippen molar-refractivity contribution < 1.29 is 19.7 Å². The summed E-state index contributed by atoms with van der Waals surface area (Å²) in [5.74, 6) is 2.42. The molecule has 0 saturated heterocycles. The molecule has 0 aliphatic carbocycles. The van der Waals surface area contributed by atoms with E-state index >= 15 is 0 Å². The summed E-state index contributed by atoms with van der Waals surface area (Å²) in [5, 5.41) is 18.6. The minimum absolute atomic E-state index is 0.330. The van der Waals surface area contributed by atoms with Crippen molar-refractivity contribution >= 4 is 24.3 Å². The SMILES string of the molecule is C/C=C/c1ccc(O)c(C)c1.C=Cc1ccc(OC)cc1.COc1ccc(/C=C/c2ccc(O)c(C)c2)cc1. The molecule has 202 valence electrons. The number of ether oxygens (including phenoxy) is 2. The molecule has 0 saturated carbocycles. The van der Waals surface area contributed by atoms with Gasteiger partial charge in [-0.1, -0.05) is 73.4 Å². The van der Waals surface area contributed by atoms with Gasteiger partial charge in [0, 0.05) is 0 Å². The molecule has 0 unspecified atom stereocenters. The van der Waals surface area contributed by atoms with Crippen molar-refractivity contribution in [3.05, 3.63) is 131 Å². The number of methoxy groups -OCH3 is 2. The Hall–Kier alpha value is -4.70. The lowest BCUT2D eigenvalue weighted by Gasteiger charge is -2.01. The van der Waals surface area contributed by atoms with E-state index in [4.69, 9.17) is 9.47 Å². The van der Waals surface area contributed by atoms with E-state index in [1.165, 1.54) is 0 Å². The third-order valence-electron chi connectivity index (χ3n) is 5.74. The van der Waals surface area contributed by atoms with Crippen LogP contribution in [0.25, 0.3) is 24.3 Å². The Balaban J connectivity index is 0.000000219. The fourth-order valence-electron chi connectivity index (χ4n) is 3.40. The number of allylic oxidation sites excluding steroid dienone is 1. The molecule has 4 aromatic rings. The Morgan fingerprint density at radius 1 is 0.564 bits per heavy atom. The number of hydrogen-bond donors (Lipinski definition) is 2. The van der Waals surface area contributed by atoms with Gasteiger partial charge < -0.3 is 19.7 Å². The zero-order valence-electron chi connectivity index (χ0n) is 23.4. The van der Waals surface area contributed by atoms with Gasteiger partial charge >= 0.3 is 0 Å². The molecule has 0 heterocycles. The molecule has 4 rings (SSSR count). The summed E-state index contributed by atoms with van der Waals surface area (Å²) in [5.41, 5.74) is 6.22. The number of phenols is 2. The number of phenolic OH excluding ortho intramolecular Hbond substituents is 2. The molecule has 0 radical (unpaired) electrons. The maximum Gasteiger partial charge on any atom is 0.118 e. The molecule has 0 aliphatic heterocycles. The fourth-order valence-corrected chi connectivity index (χ4v) is 3.40. The second kappa shape index (κ2) is 16.2. The highest BCUT2D eigenvalue weighted by Crippen LogP contribution is 2.20. The average molecular weight is 523 g/mol. The number of aryl methyl sites for hydroxylation is 2. The van der Waals surface area contributed by atoms with Crippen LogP contribution < -0.4 is 9.47 Å². The fraction of sp³-hybridized carbons (Fsp3) is 0.143. The molecule has 0 atom stereocenters. The van der Waals surface area contributed by atoms with Crippen LogP contribution in [0.1, 0.15) is 40.3 Å². The van der Waals surface area contributed by atoms with Crippen LogP contribution >= 0.6 is 0 Å². The smallest absolute Gasteiger partial charge is 0.118 e. The van der Waals surface area contributed by atoms with Gasteiger partial charge in [0.1, 0.15) is 23.0 Å². The standard InChI is InChI=1S/C16H16O2.C10H12O.C9H10O/c1-12-11-14(7-10-16(12)17)4-3-13-5-8-15(18-2)9-6-13;1-3-4-9-5-6-10(11)8(2)7-9;1-3-8-4-6-9(10-2)7-5-8/h3-11,17H,1-2H3;3-7,11H,1-2H3;3-7H,1H2,2H3/b2*4-3+;. The molecule has 4 aromatic carbocycles. The van der Waals surface area contributed by atoms with Crippen molar-refractivity contribution in [1.82, 2.24) is 0 Å². The molecule has 0 spiro atoms. The van der Waals surface area contributed by atoms with Gasteiger partial charge in [0.2, 0.25) is 0 Å².